The Morgan fingerprint density at radius 2 is 0.653 bits per heavy atom. The minimum Gasteiger partial charge on any atom is -0.399 e. The SMILES string of the molecule is CCc1csc([C@@H](N)Cc2ccc(N)cc2)n1.CCc1csc([C@H](Cc2ccc(NS(=O)(=O)O)cc2)NC(=O)[C@H](Cc2ccccc2)NC(C)=O)n1.CCc1csc([C@H](Cc2ccc([N+](=O)[O-])cc2)NC(=O)[C@H](Cc2ccccc2)NC(C)=O)n1.CCc1csc([C@H](Cc2ccc([N+](=O)[O-])cc2)NC(=O)[C@H](Cc2ccccc2)NC(C)=O)n1. The Hall–Kier alpha value is -11.9. The maximum atomic E-state index is 13.3. The molecular formula is C85H97N15O13S5. The molecule has 0 aliphatic rings. The summed E-state index contributed by atoms with van der Waals surface area (Å²) in [5.74, 6) is -1.83. The van der Waals surface area contributed by atoms with Gasteiger partial charge in [-0.2, -0.15) is 8.42 Å². The number of aromatic nitrogens is 4. The fraction of sp³-hybridized carbons (Fsp3) is 0.294. The Morgan fingerprint density at radius 1 is 0.390 bits per heavy atom. The highest BCUT2D eigenvalue weighted by Crippen LogP contribution is 2.29. The van der Waals surface area contributed by atoms with E-state index in [0.29, 0.717) is 38.5 Å². The number of nitrogens with two attached hydrogens (primary N) is 2. The molecule has 11 rings (SSSR count). The molecule has 33 heteroatoms. The minimum absolute atomic E-state index is 0.00966. The van der Waals surface area contributed by atoms with Gasteiger partial charge in [0.1, 0.15) is 38.2 Å². The van der Waals surface area contributed by atoms with Crippen LogP contribution in [0, 0.1) is 20.2 Å². The summed E-state index contributed by atoms with van der Waals surface area (Å²) in [7, 11) is -4.37. The highest BCUT2D eigenvalue weighted by atomic mass is 32.2. The maximum Gasteiger partial charge on any atom is 0.357 e. The van der Waals surface area contributed by atoms with Crippen LogP contribution in [0.4, 0.5) is 22.7 Å². The van der Waals surface area contributed by atoms with E-state index in [-0.39, 0.29) is 58.5 Å². The second-order valence-electron chi connectivity index (χ2n) is 27.4. The van der Waals surface area contributed by atoms with Crippen LogP contribution in [0.3, 0.4) is 0 Å². The average molecular weight is 1700 g/mol. The number of hydrogen-bond acceptors (Lipinski definition) is 22. The van der Waals surface area contributed by atoms with E-state index in [1.54, 1.807) is 47.7 Å². The van der Waals surface area contributed by atoms with Gasteiger partial charge in [-0.25, -0.2) is 19.9 Å². The molecule has 4 heterocycles. The van der Waals surface area contributed by atoms with Crippen molar-refractivity contribution in [2.24, 2.45) is 5.73 Å². The molecule has 118 heavy (non-hydrogen) atoms. The maximum absolute atomic E-state index is 13.3. The van der Waals surface area contributed by atoms with Crippen molar-refractivity contribution in [2.75, 3.05) is 10.5 Å². The van der Waals surface area contributed by atoms with Gasteiger partial charge in [0.15, 0.2) is 0 Å². The number of anilines is 2. The predicted molar refractivity (Wildman–Crippen MR) is 462 cm³/mol. The summed E-state index contributed by atoms with van der Waals surface area (Å²) >= 11 is 6.01. The number of aryl methyl sites for hydroxylation is 4. The largest absolute Gasteiger partial charge is 0.399 e. The zero-order valence-electron chi connectivity index (χ0n) is 66.3. The fourth-order valence-corrected chi connectivity index (χ4v) is 16.2. The quantitative estimate of drug-likeness (QED) is 0.00763. The molecule has 6 amide bonds. The molecule has 0 aliphatic heterocycles. The molecule has 4 aromatic heterocycles. The number of benzene rings is 7. The smallest absolute Gasteiger partial charge is 0.357 e. The molecule has 7 atom stereocenters. The van der Waals surface area contributed by atoms with Crippen LogP contribution in [0.1, 0.15) is 154 Å². The average Bonchev–Trinajstić information content (AvgIpc) is 1.60. The van der Waals surface area contributed by atoms with Crippen LogP contribution in [0.15, 0.2) is 210 Å². The molecule has 0 spiro atoms. The number of carbonyl (C=O) groups excluding carboxylic acids is 6. The number of amides is 6. The number of nitrogen functional groups attached to an aromatic ring is 1. The van der Waals surface area contributed by atoms with E-state index in [1.807, 2.05) is 157 Å². The molecule has 0 radical (unpaired) electrons. The van der Waals surface area contributed by atoms with Crippen LogP contribution in [0.25, 0.3) is 0 Å². The van der Waals surface area contributed by atoms with Crippen molar-refractivity contribution in [1.29, 1.82) is 0 Å². The lowest BCUT2D eigenvalue weighted by atomic mass is 10.0. The molecule has 0 aliphatic carbocycles. The van der Waals surface area contributed by atoms with Gasteiger partial charge in [-0.15, -0.1) is 45.3 Å². The summed E-state index contributed by atoms with van der Waals surface area (Å²) in [6.45, 7) is 12.3. The molecule has 620 valence electrons. The van der Waals surface area contributed by atoms with E-state index >= 15 is 0 Å². The third kappa shape index (κ3) is 31.0. The summed E-state index contributed by atoms with van der Waals surface area (Å²) in [5, 5.41) is 50.4. The van der Waals surface area contributed by atoms with Gasteiger partial charge in [0.2, 0.25) is 35.4 Å². The standard InChI is InChI=1S/C24H28N4O5S2.2C24H26N4O4S.C13H17N3S/c1-3-19-15-34-24(26-19)22(14-18-9-11-20(12-10-18)28-35(31,32)33)27-23(30)21(25-16(2)29)13-17-7-5-4-6-8-17;2*1-3-19-15-33-24(26-19)22(14-18-9-11-20(12-10-18)28(31)32)27-23(30)21(25-16(2)29)13-17-7-5-4-6-8-17;1-2-11-8-17-13(16-11)12(15)7-9-3-5-10(14)6-4-9/h4-12,15,21-22,28H,3,13-14H2,1-2H3,(H,25,29)(H,27,30)(H,31,32,33);2*4-12,15,21-22H,3,13-14H2,1-2H3,(H,25,29)(H,27,30);3-6,8,12H,2,7,14-15H2,1H3/t3*21-,22-;12-/m0000/s1. The molecule has 11 aromatic rings. The van der Waals surface area contributed by atoms with Crippen LogP contribution in [0.2, 0.25) is 0 Å². The second kappa shape index (κ2) is 46.2. The second-order valence-corrected chi connectivity index (χ2v) is 32.1. The van der Waals surface area contributed by atoms with Gasteiger partial charge in [-0.05, 0) is 115 Å². The zero-order valence-corrected chi connectivity index (χ0v) is 70.3. The molecule has 7 aromatic carbocycles. The number of nitrogens with zero attached hydrogens (tertiary/aromatic N) is 6. The fourth-order valence-electron chi connectivity index (χ4n) is 12.0. The van der Waals surface area contributed by atoms with E-state index in [1.165, 1.54) is 96.7 Å². The van der Waals surface area contributed by atoms with Crippen molar-refractivity contribution in [3.8, 4) is 0 Å². The number of hydrogen-bond donors (Lipinski definition) is 10. The number of nitro groups is 2. The Kier molecular flexibility index (Phi) is 35.9. The third-order valence-corrected chi connectivity index (χ3v) is 22.6. The lowest BCUT2D eigenvalue weighted by Gasteiger charge is -2.22. The molecule has 0 bridgehead atoms. The molecule has 0 unspecified atom stereocenters. The molecule has 0 saturated heterocycles. The van der Waals surface area contributed by atoms with Gasteiger partial charge in [-0.1, -0.05) is 167 Å². The lowest BCUT2D eigenvalue weighted by Crippen LogP contribution is -2.48. The van der Waals surface area contributed by atoms with Gasteiger partial charge < -0.3 is 43.4 Å². The highest BCUT2D eigenvalue weighted by molar-refractivity contribution is 7.87. The number of nitrogens with one attached hydrogen (secondary N) is 7. The number of rotatable bonds is 35. The van der Waals surface area contributed by atoms with E-state index in [4.69, 9.17) is 16.0 Å². The summed E-state index contributed by atoms with van der Waals surface area (Å²) < 4.78 is 33.0. The van der Waals surface area contributed by atoms with Crippen LogP contribution in [-0.2, 0) is 110 Å². The van der Waals surface area contributed by atoms with Crippen molar-refractivity contribution in [3.05, 3.63) is 312 Å². The van der Waals surface area contributed by atoms with Gasteiger partial charge in [-0.3, -0.25) is 58.3 Å². The Bertz CT molecular complexity index is 5000. The van der Waals surface area contributed by atoms with E-state index in [2.05, 4.69) is 64.1 Å². The first kappa shape index (κ1) is 91.7. The number of non-ortho nitro benzene ring substituents is 2. The van der Waals surface area contributed by atoms with Crippen molar-refractivity contribution >= 4 is 114 Å². The Morgan fingerprint density at radius 3 is 0.924 bits per heavy atom. The molecule has 12 N–H and O–H groups in total. The van der Waals surface area contributed by atoms with Crippen molar-refractivity contribution in [3.63, 3.8) is 0 Å². The zero-order chi connectivity index (χ0) is 85.3. The van der Waals surface area contributed by atoms with Crippen LogP contribution in [-0.4, -0.2) is 96.3 Å². The number of carbonyl (C=O) groups is 6. The van der Waals surface area contributed by atoms with Crippen molar-refractivity contribution < 1.29 is 51.6 Å². The van der Waals surface area contributed by atoms with Crippen LogP contribution in [0.5, 0.6) is 0 Å². The van der Waals surface area contributed by atoms with E-state index < -0.39 is 56.4 Å². The minimum atomic E-state index is -4.37. The lowest BCUT2D eigenvalue weighted by molar-refractivity contribution is -0.385. The highest BCUT2D eigenvalue weighted by Gasteiger charge is 2.30. The van der Waals surface area contributed by atoms with Crippen molar-refractivity contribution in [2.45, 2.75) is 161 Å². The number of nitro benzene ring substituents is 2. The summed E-state index contributed by atoms with van der Waals surface area (Å²) in [5.41, 5.74) is 23.2. The Balaban J connectivity index is 0.000000201. The first-order valence-electron chi connectivity index (χ1n) is 38.0. The summed E-state index contributed by atoms with van der Waals surface area (Å²) in [4.78, 5) is 115. The Labute approximate surface area is 701 Å². The first-order valence-corrected chi connectivity index (χ1v) is 43.0. The third-order valence-electron chi connectivity index (χ3n) is 18.1. The van der Waals surface area contributed by atoms with E-state index in [9.17, 15) is 57.4 Å². The monoisotopic (exact) mass is 1700 g/mol. The first-order chi connectivity index (χ1) is 56.5. The van der Waals surface area contributed by atoms with Gasteiger partial charge >= 0.3 is 10.3 Å². The van der Waals surface area contributed by atoms with Crippen LogP contribution < -0.4 is 48.1 Å². The molecule has 0 saturated carbocycles. The van der Waals surface area contributed by atoms with Crippen molar-refractivity contribution in [1.82, 2.24) is 51.8 Å². The van der Waals surface area contributed by atoms with Gasteiger partial charge in [0, 0.05) is 91.5 Å². The molecule has 28 nitrogen and oxygen atoms in total. The van der Waals surface area contributed by atoms with E-state index in [0.717, 1.165) is 114 Å². The summed E-state index contributed by atoms with van der Waals surface area (Å²) in [6.07, 6.45) is 6.35. The molecule has 0 fully saturated rings. The van der Waals surface area contributed by atoms with Gasteiger partial charge in [0.25, 0.3) is 11.4 Å². The van der Waals surface area contributed by atoms with Gasteiger partial charge in [0.05, 0.1) is 62.5 Å². The molecular weight excluding hydrogens is 1600 g/mol. The number of thiazole rings is 4. The predicted octanol–water partition coefficient (Wildman–Crippen LogP) is 13.1. The van der Waals surface area contributed by atoms with Crippen LogP contribution >= 0.6 is 45.3 Å². The normalized spacial score (nSPS) is 12.7. The topological polar surface area (TPSA) is 431 Å². The summed E-state index contributed by atoms with van der Waals surface area (Å²) in [6, 6.07) is 51.6.